The Labute approximate surface area is 167 Å². The smallest absolute Gasteiger partial charge is 0.416 e. The first kappa shape index (κ1) is 21.1. The van der Waals surface area contributed by atoms with Gasteiger partial charge in [-0.05, 0) is 46.2 Å². The van der Waals surface area contributed by atoms with Crippen LogP contribution in [0.4, 0.5) is 18.0 Å². The zero-order chi connectivity index (χ0) is 21.6. The first-order chi connectivity index (χ1) is 13.4. The van der Waals surface area contributed by atoms with Crippen LogP contribution in [0.15, 0.2) is 24.3 Å². The SMILES string of the molecule is CC(c1ccccc1C(F)(F)F)n1nnc2c1C[C@@H](C)N(C(=O)OC(C)(C)C)C2. The quantitative estimate of drug-likeness (QED) is 0.727. The fourth-order valence-electron chi connectivity index (χ4n) is 3.51. The molecule has 1 aliphatic heterocycles. The lowest BCUT2D eigenvalue weighted by atomic mass is 9.99. The number of carbonyl (C=O) groups is 1. The number of fused-ring (bicyclic) bond motifs is 1. The monoisotopic (exact) mass is 410 g/mol. The van der Waals surface area contributed by atoms with E-state index >= 15 is 0 Å². The summed E-state index contributed by atoms with van der Waals surface area (Å²) in [6, 6.07) is 4.64. The van der Waals surface area contributed by atoms with Crippen LogP contribution in [0.25, 0.3) is 0 Å². The van der Waals surface area contributed by atoms with E-state index in [1.165, 1.54) is 16.8 Å². The summed E-state index contributed by atoms with van der Waals surface area (Å²) in [7, 11) is 0. The van der Waals surface area contributed by atoms with Crippen LogP contribution in [0.1, 0.15) is 63.2 Å². The highest BCUT2D eigenvalue weighted by atomic mass is 19.4. The highest BCUT2D eigenvalue weighted by Crippen LogP contribution is 2.36. The molecule has 1 aromatic heterocycles. The van der Waals surface area contributed by atoms with Crippen LogP contribution in [0.5, 0.6) is 0 Å². The number of hydrogen-bond donors (Lipinski definition) is 0. The van der Waals surface area contributed by atoms with Crippen molar-refractivity contribution in [3.8, 4) is 0 Å². The Balaban J connectivity index is 1.90. The summed E-state index contributed by atoms with van der Waals surface area (Å²) in [5.41, 5.74) is 0.142. The lowest BCUT2D eigenvalue weighted by Gasteiger charge is -2.34. The van der Waals surface area contributed by atoms with Gasteiger partial charge in [-0.1, -0.05) is 23.4 Å². The van der Waals surface area contributed by atoms with Gasteiger partial charge in [0.1, 0.15) is 11.3 Å². The van der Waals surface area contributed by atoms with E-state index < -0.39 is 29.5 Å². The second kappa shape index (κ2) is 7.35. The highest BCUT2D eigenvalue weighted by Gasteiger charge is 2.37. The molecule has 1 aliphatic rings. The molecule has 0 spiro atoms. The molecule has 1 aromatic carbocycles. The molecule has 2 aromatic rings. The molecule has 0 bridgehead atoms. The molecule has 29 heavy (non-hydrogen) atoms. The first-order valence-corrected chi connectivity index (χ1v) is 9.47. The highest BCUT2D eigenvalue weighted by molar-refractivity contribution is 5.69. The third-order valence-electron chi connectivity index (χ3n) is 4.92. The van der Waals surface area contributed by atoms with Gasteiger partial charge in [-0.15, -0.1) is 5.10 Å². The zero-order valence-electron chi connectivity index (χ0n) is 17.1. The van der Waals surface area contributed by atoms with Crippen molar-refractivity contribution < 1.29 is 22.7 Å². The van der Waals surface area contributed by atoms with Crippen molar-refractivity contribution in [3.05, 3.63) is 46.8 Å². The van der Waals surface area contributed by atoms with Gasteiger partial charge in [0.25, 0.3) is 0 Å². The number of nitrogens with zero attached hydrogens (tertiary/aromatic N) is 4. The largest absolute Gasteiger partial charge is 0.444 e. The number of aromatic nitrogens is 3. The number of rotatable bonds is 2. The molecular formula is C20H25F3N4O2. The van der Waals surface area contributed by atoms with Gasteiger partial charge in [0.15, 0.2) is 0 Å². The van der Waals surface area contributed by atoms with Crippen LogP contribution in [0.3, 0.4) is 0 Å². The standard InChI is InChI=1S/C20H25F3N4O2/c1-12-10-17-16(11-26(12)18(28)29-19(3,4)5)24-25-27(17)13(2)14-8-6-7-9-15(14)20(21,22)23/h6-9,12-13H,10-11H2,1-5H3/t12-,13?/m1/s1. The molecule has 3 rings (SSSR count). The van der Waals surface area contributed by atoms with Crippen LogP contribution in [0.2, 0.25) is 0 Å². The van der Waals surface area contributed by atoms with Gasteiger partial charge < -0.3 is 4.74 Å². The van der Waals surface area contributed by atoms with Crippen LogP contribution in [-0.2, 0) is 23.9 Å². The van der Waals surface area contributed by atoms with E-state index in [0.29, 0.717) is 12.1 Å². The van der Waals surface area contributed by atoms with Gasteiger partial charge in [0.2, 0.25) is 0 Å². The summed E-state index contributed by atoms with van der Waals surface area (Å²) >= 11 is 0. The molecule has 2 atom stereocenters. The lowest BCUT2D eigenvalue weighted by Crippen LogP contribution is -2.45. The molecule has 1 amide bonds. The van der Waals surface area contributed by atoms with Gasteiger partial charge in [0, 0.05) is 12.5 Å². The maximum atomic E-state index is 13.4. The molecule has 0 radical (unpaired) electrons. The minimum absolute atomic E-state index is 0.134. The van der Waals surface area contributed by atoms with E-state index in [2.05, 4.69) is 10.3 Å². The van der Waals surface area contributed by atoms with Crippen molar-refractivity contribution in [2.75, 3.05) is 0 Å². The Bertz CT molecular complexity index is 902. The molecule has 6 nitrogen and oxygen atoms in total. The summed E-state index contributed by atoms with van der Waals surface area (Å²) < 4.78 is 47.2. The first-order valence-electron chi connectivity index (χ1n) is 9.47. The van der Waals surface area contributed by atoms with Crippen molar-refractivity contribution in [1.82, 2.24) is 19.9 Å². The fraction of sp³-hybridized carbons (Fsp3) is 0.550. The van der Waals surface area contributed by atoms with Crippen LogP contribution >= 0.6 is 0 Å². The number of amides is 1. The third-order valence-corrected chi connectivity index (χ3v) is 4.92. The van der Waals surface area contributed by atoms with Crippen molar-refractivity contribution in [2.45, 2.75) is 71.4 Å². The number of carbonyl (C=O) groups excluding carboxylic acids is 1. The summed E-state index contributed by atoms with van der Waals surface area (Å²) in [5.74, 6) is 0. The van der Waals surface area contributed by atoms with E-state index in [1.54, 1.807) is 38.7 Å². The molecule has 9 heteroatoms. The molecule has 158 valence electrons. The molecule has 0 saturated carbocycles. The van der Waals surface area contributed by atoms with E-state index in [1.807, 2.05) is 6.92 Å². The van der Waals surface area contributed by atoms with Crippen LogP contribution in [0, 0.1) is 0 Å². The fourth-order valence-corrected chi connectivity index (χ4v) is 3.51. The van der Waals surface area contributed by atoms with E-state index in [0.717, 1.165) is 11.8 Å². The minimum Gasteiger partial charge on any atom is -0.444 e. The normalized spacial score (nSPS) is 18.3. The molecule has 0 fully saturated rings. The Kier molecular flexibility index (Phi) is 5.36. The minimum atomic E-state index is -4.45. The van der Waals surface area contributed by atoms with Gasteiger partial charge in [0.05, 0.1) is 23.8 Å². The van der Waals surface area contributed by atoms with Crippen LogP contribution < -0.4 is 0 Å². The van der Waals surface area contributed by atoms with Crippen LogP contribution in [-0.4, -0.2) is 37.6 Å². The molecule has 1 unspecified atom stereocenters. The molecular weight excluding hydrogens is 385 g/mol. The van der Waals surface area contributed by atoms with Crippen molar-refractivity contribution in [2.24, 2.45) is 0 Å². The molecule has 0 N–H and O–H groups in total. The van der Waals surface area contributed by atoms with Gasteiger partial charge in [-0.2, -0.15) is 13.2 Å². The number of benzene rings is 1. The summed E-state index contributed by atoms with van der Waals surface area (Å²) in [4.78, 5) is 14.0. The number of halogens is 3. The Morgan fingerprint density at radius 2 is 1.90 bits per heavy atom. The summed E-state index contributed by atoms with van der Waals surface area (Å²) in [6.07, 6.45) is -4.47. The van der Waals surface area contributed by atoms with E-state index in [9.17, 15) is 18.0 Å². The second-order valence-corrected chi connectivity index (χ2v) is 8.35. The molecule has 0 aliphatic carbocycles. The maximum Gasteiger partial charge on any atom is 0.416 e. The topological polar surface area (TPSA) is 60.2 Å². The Morgan fingerprint density at radius 3 is 2.52 bits per heavy atom. The third kappa shape index (κ3) is 4.38. The van der Waals surface area contributed by atoms with E-state index in [4.69, 9.17) is 4.74 Å². The average molecular weight is 410 g/mol. The van der Waals surface area contributed by atoms with Gasteiger partial charge in [-0.25, -0.2) is 9.48 Å². The van der Waals surface area contributed by atoms with E-state index in [-0.39, 0.29) is 18.2 Å². The summed E-state index contributed by atoms with van der Waals surface area (Å²) in [5, 5.41) is 8.26. The average Bonchev–Trinajstić information content (AvgIpc) is 3.00. The number of alkyl halides is 3. The molecule has 2 heterocycles. The summed E-state index contributed by atoms with van der Waals surface area (Å²) in [6.45, 7) is 9.13. The maximum absolute atomic E-state index is 13.4. The van der Waals surface area contributed by atoms with Crippen molar-refractivity contribution in [1.29, 1.82) is 0 Å². The van der Waals surface area contributed by atoms with Gasteiger partial charge >= 0.3 is 12.3 Å². The molecule has 0 saturated heterocycles. The Hall–Kier alpha value is -2.58. The number of hydrogen-bond acceptors (Lipinski definition) is 4. The lowest BCUT2D eigenvalue weighted by molar-refractivity contribution is -0.138. The van der Waals surface area contributed by atoms with Crippen molar-refractivity contribution in [3.63, 3.8) is 0 Å². The predicted octanol–water partition coefficient (Wildman–Crippen LogP) is 4.59. The van der Waals surface area contributed by atoms with Crippen molar-refractivity contribution >= 4 is 6.09 Å². The number of ether oxygens (including phenoxy) is 1. The van der Waals surface area contributed by atoms with Gasteiger partial charge in [-0.3, -0.25) is 4.90 Å². The predicted molar refractivity (Wildman–Crippen MR) is 100 cm³/mol. The Morgan fingerprint density at radius 1 is 1.24 bits per heavy atom. The second-order valence-electron chi connectivity index (χ2n) is 8.35. The zero-order valence-corrected chi connectivity index (χ0v) is 17.1.